The summed E-state index contributed by atoms with van der Waals surface area (Å²) in [5.74, 6) is 1.32. The van der Waals surface area contributed by atoms with Crippen LogP contribution in [0.1, 0.15) is 12.6 Å². The fraction of sp³-hybridized carbons (Fsp3) is 0.364. The summed E-state index contributed by atoms with van der Waals surface area (Å²) in [6, 6.07) is 3.73. The number of aryl methyl sites for hydroxylation is 1. The van der Waals surface area contributed by atoms with E-state index in [0.717, 1.165) is 11.5 Å². The van der Waals surface area contributed by atoms with Crippen molar-refractivity contribution >= 4 is 5.82 Å². The van der Waals surface area contributed by atoms with Gasteiger partial charge in [-0.05, 0) is 13.0 Å². The van der Waals surface area contributed by atoms with Gasteiger partial charge in [-0.25, -0.2) is 9.97 Å². The van der Waals surface area contributed by atoms with Crippen molar-refractivity contribution in [2.45, 2.75) is 13.5 Å². The molecule has 0 aliphatic heterocycles. The van der Waals surface area contributed by atoms with Gasteiger partial charge < -0.3 is 10.1 Å². The van der Waals surface area contributed by atoms with Gasteiger partial charge in [-0.2, -0.15) is 5.10 Å². The van der Waals surface area contributed by atoms with Crippen molar-refractivity contribution in [1.82, 2.24) is 19.7 Å². The second kappa shape index (κ2) is 5.29. The zero-order chi connectivity index (χ0) is 12.1. The molecule has 17 heavy (non-hydrogen) atoms. The SMILES string of the molecule is CCOc1cc(NCc2ccnn2C)ncn1. The number of hydrogen-bond donors (Lipinski definition) is 1. The molecule has 0 atom stereocenters. The first-order valence-electron chi connectivity index (χ1n) is 5.45. The molecule has 0 amide bonds. The number of anilines is 1. The zero-order valence-corrected chi connectivity index (χ0v) is 9.92. The molecule has 0 spiro atoms. The van der Waals surface area contributed by atoms with Crippen LogP contribution in [0.3, 0.4) is 0 Å². The third kappa shape index (κ3) is 2.93. The van der Waals surface area contributed by atoms with Crippen LogP contribution in [0, 0.1) is 0 Å². The number of rotatable bonds is 5. The third-order valence-corrected chi connectivity index (χ3v) is 2.31. The second-order valence-corrected chi connectivity index (χ2v) is 3.47. The summed E-state index contributed by atoms with van der Waals surface area (Å²) in [7, 11) is 1.91. The molecular formula is C11H15N5O. The van der Waals surface area contributed by atoms with E-state index in [4.69, 9.17) is 4.74 Å². The van der Waals surface area contributed by atoms with E-state index in [1.54, 1.807) is 12.3 Å². The highest BCUT2D eigenvalue weighted by molar-refractivity contribution is 5.37. The summed E-state index contributed by atoms with van der Waals surface area (Å²) >= 11 is 0. The lowest BCUT2D eigenvalue weighted by Crippen LogP contribution is -2.07. The maximum Gasteiger partial charge on any atom is 0.218 e. The molecule has 2 heterocycles. The molecule has 2 rings (SSSR count). The number of nitrogens with one attached hydrogen (secondary N) is 1. The van der Waals surface area contributed by atoms with E-state index in [-0.39, 0.29) is 0 Å². The third-order valence-electron chi connectivity index (χ3n) is 2.31. The number of ether oxygens (including phenoxy) is 1. The standard InChI is InChI=1S/C11H15N5O/c1-3-17-11-6-10(13-8-14-11)12-7-9-4-5-15-16(9)2/h4-6,8H,3,7H2,1-2H3,(H,12,13,14). The van der Waals surface area contributed by atoms with Gasteiger partial charge in [0.05, 0.1) is 18.8 Å². The Bertz CT molecular complexity index is 482. The lowest BCUT2D eigenvalue weighted by Gasteiger charge is -2.07. The van der Waals surface area contributed by atoms with Crippen LogP contribution in [-0.4, -0.2) is 26.4 Å². The van der Waals surface area contributed by atoms with Crippen molar-refractivity contribution < 1.29 is 4.74 Å². The van der Waals surface area contributed by atoms with Crippen LogP contribution >= 0.6 is 0 Å². The first-order chi connectivity index (χ1) is 8.29. The molecule has 0 aliphatic carbocycles. The Morgan fingerprint density at radius 3 is 3.00 bits per heavy atom. The van der Waals surface area contributed by atoms with Gasteiger partial charge in [-0.1, -0.05) is 0 Å². The predicted octanol–water partition coefficient (Wildman–Crippen LogP) is 1.22. The molecule has 90 valence electrons. The quantitative estimate of drug-likeness (QED) is 0.841. The van der Waals surface area contributed by atoms with Crippen LogP contribution in [0.4, 0.5) is 5.82 Å². The van der Waals surface area contributed by atoms with Gasteiger partial charge in [0.2, 0.25) is 5.88 Å². The van der Waals surface area contributed by atoms with E-state index < -0.39 is 0 Å². The molecule has 6 nitrogen and oxygen atoms in total. The largest absolute Gasteiger partial charge is 0.478 e. The molecule has 0 aliphatic rings. The van der Waals surface area contributed by atoms with Gasteiger partial charge in [0.25, 0.3) is 0 Å². The van der Waals surface area contributed by atoms with Crippen LogP contribution < -0.4 is 10.1 Å². The highest BCUT2D eigenvalue weighted by Crippen LogP contribution is 2.11. The summed E-state index contributed by atoms with van der Waals surface area (Å²) in [6.07, 6.45) is 3.25. The van der Waals surface area contributed by atoms with Gasteiger partial charge in [-0.15, -0.1) is 0 Å². The summed E-state index contributed by atoms with van der Waals surface area (Å²) < 4.78 is 7.12. The van der Waals surface area contributed by atoms with Crippen molar-refractivity contribution in [2.75, 3.05) is 11.9 Å². The molecule has 0 aromatic carbocycles. The fourth-order valence-corrected chi connectivity index (χ4v) is 1.42. The Labute approximate surface area is 99.7 Å². The van der Waals surface area contributed by atoms with Gasteiger partial charge >= 0.3 is 0 Å². The minimum Gasteiger partial charge on any atom is -0.478 e. The second-order valence-electron chi connectivity index (χ2n) is 3.47. The Hall–Kier alpha value is -2.11. The smallest absolute Gasteiger partial charge is 0.218 e. The fourth-order valence-electron chi connectivity index (χ4n) is 1.42. The topological polar surface area (TPSA) is 64.9 Å². The average molecular weight is 233 g/mol. The number of aromatic nitrogens is 4. The highest BCUT2D eigenvalue weighted by Gasteiger charge is 2.01. The summed E-state index contributed by atoms with van der Waals surface area (Å²) in [5.41, 5.74) is 1.08. The molecule has 0 bridgehead atoms. The number of nitrogens with zero attached hydrogens (tertiary/aromatic N) is 4. The van der Waals surface area contributed by atoms with Crippen molar-refractivity contribution in [3.05, 3.63) is 30.4 Å². The maximum absolute atomic E-state index is 5.30. The molecular weight excluding hydrogens is 218 g/mol. The molecule has 2 aromatic rings. The van der Waals surface area contributed by atoms with Crippen molar-refractivity contribution in [2.24, 2.45) is 7.05 Å². The van der Waals surface area contributed by atoms with E-state index in [1.165, 1.54) is 6.33 Å². The first kappa shape index (κ1) is 11.4. The van der Waals surface area contributed by atoms with E-state index >= 15 is 0 Å². The van der Waals surface area contributed by atoms with Crippen LogP contribution in [0.5, 0.6) is 5.88 Å². The van der Waals surface area contributed by atoms with E-state index in [2.05, 4.69) is 20.4 Å². The molecule has 0 unspecified atom stereocenters. The minimum absolute atomic E-state index is 0.579. The minimum atomic E-state index is 0.579. The molecule has 0 radical (unpaired) electrons. The highest BCUT2D eigenvalue weighted by atomic mass is 16.5. The normalized spacial score (nSPS) is 10.2. The van der Waals surface area contributed by atoms with Crippen molar-refractivity contribution in [3.63, 3.8) is 0 Å². The zero-order valence-electron chi connectivity index (χ0n) is 9.92. The summed E-state index contributed by atoms with van der Waals surface area (Å²) in [4.78, 5) is 8.12. The van der Waals surface area contributed by atoms with Crippen LogP contribution in [0.2, 0.25) is 0 Å². The van der Waals surface area contributed by atoms with Crippen LogP contribution in [0.25, 0.3) is 0 Å². The average Bonchev–Trinajstić information content (AvgIpc) is 2.73. The van der Waals surface area contributed by atoms with E-state index in [9.17, 15) is 0 Å². The van der Waals surface area contributed by atoms with Crippen LogP contribution in [0.15, 0.2) is 24.7 Å². The molecule has 2 aromatic heterocycles. The molecule has 6 heteroatoms. The summed E-state index contributed by atoms with van der Waals surface area (Å²) in [5, 5.41) is 7.29. The number of hydrogen-bond acceptors (Lipinski definition) is 5. The van der Waals surface area contributed by atoms with Gasteiger partial charge in [0.15, 0.2) is 0 Å². The Kier molecular flexibility index (Phi) is 3.54. The van der Waals surface area contributed by atoms with Gasteiger partial charge in [-0.3, -0.25) is 4.68 Å². The lowest BCUT2D eigenvalue weighted by atomic mass is 10.4. The maximum atomic E-state index is 5.30. The van der Waals surface area contributed by atoms with Gasteiger partial charge in [0, 0.05) is 19.3 Å². The Balaban J connectivity index is 1.99. The predicted molar refractivity (Wildman–Crippen MR) is 63.7 cm³/mol. The molecule has 0 fully saturated rings. The molecule has 1 N–H and O–H groups in total. The van der Waals surface area contributed by atoms with E-state index in [0.29, 0.717) is 19.0 Å². The first-order valence-corrected chi connectivity index (χ1v) is 5.45. The monoisotopic (exact) mass is 233 g/mol. The lowest BCUT2D eigenvalue weighted by molar-refractivity contribution is 0.326. The van der Waals surface area contributed by atoms with E-state index in [1.807, 2.05) is 24.7 Å². The Morgan fingerprint density at radius 1 is 1.41 bits per heavy atom. The van der Waals surface area contributed by atoms with Crippen molar-refractivity contribution in [1.29, 1.82) is 0 Å². The van der Waals surface area contributed by atoms with Crippen LogP contribution in [-0.2, 0) is 13.6 Å². The Morgan fingerprint density at radius 2 is 2.29 bits per heavy atom. The van der Waals surface area contributed by atoms with Crippen molar-refractivity contribution in [3.8, 4) is 5.88 Å². The summed E-state index contributed by atoms with van der Waals surface area (Å²) in [6.45, 7) is 3.18. The van der Waals surface area contributed by atoms with Gasteiger partial charge in [0.1, 0.15) is 12.1 Å². The molecule has 0 saturated heterocycles. The molecule has 0 saturated carbocycles.